The number of nitrogens with two attached hydrogens (primary N) is 1. The number of aryl methyl sites for hydroxylation is 1. The number of thiophene rings is 1. The highest BCUT2D eigenvalue weighted by Gasteiger charge is 2.11. The summed E-state index contributed by atoms with van der Waals surface area (Å²) in [6.45, 7) is 0. The molecule has 2 rings (SSSR count). The maximum Gasteiger partial charge on any atom is 0.118 e. The minimum absolute atomic E-state index is 0.210. The quantitative estimate of drug-likeness (QED) is 0.453. The zero-order chi connectivity index (χ0) is 13.7. The summed E-state index contributed by atoms with van der Waals surface area (Å²) in [6, 6.07) is 10.6. The van der Waals surface area contributed by atoms with E-state index < -0.39 is 0 Å². The molecule has 5 heteroatoms. The van der Waals surface area contributed by atoms with Crippen molar-refractivity contribution in [2.24, 2.45) is 5.84 Å². The van der Waals surface area contributed by atoms with E-state index in [-0.39, 0.29) is 6.04 Å². The highest BCUT2D eigenvalue weighted by molar-refractivity contribution is 14.1. The van der Waals surface area contributed by atoms with Crippen LogP contribution in [-0.2, 0) is 6.42 Å². The molecule has 0 saturated heterocycles. The van der Waals surface area contributed by atoms with Gasteiger partial charge in [0.05, 0.1) is 9.99 Å². The number of methoxy groups -OCH3 is 1. The van der Waals surface area contributed by atoms with Gasteiger partial charge in [-0.2, -0.15) is 0 Å². The lowest BCUT2D eigenvalue weighted by Gasteiger charge is -2.14. The Morgan fingerprint density at radius 2 is 2.11 bits per heavy atom. The van der Waals surface area contributed by atoms with E-state index in [9.17, 15) is 0 Å². The minimum Gasteiger partial charge on any atom is -0.497 e. The molecular formula is C14H17IN2OS. The summed E-state index contributed by atoms with van der Waals surface area (Å²) in [5, 5.41) is 2.17. The van der Waals surface area contributed by atoms with Crippen LogP contribution in [0.15, 0.2) is 35.7 Å². The lowest BCUT2D eigenvalue weighted by Crippen LogP contribution is -2.28. The highest BCUT2D eigenvalue weighted by Crippen LogP contribution is 2.25. The van der Waals surface area contributed by atoms with Gasteiger partial charge < -0.3 is 4.74 Å². The molecule has 0 amide bonds. The molecular weight excluding hydrogens is 371 g/mol. The topological polar surface area (TPSA) is 47.3 Å². The third kappa shape index (κ3) is 4.17. The predicted octanol–water partition coefficient (Wildman–Crippen LogP) is 3.50. The SMILES string of the molecule is COc1ccc(CCC(NN)c2csc(I)c2)cc1. The Hall–Kier alpha value is -0.630. The van der Waals surface area contributed by atoms with Gasteiger partial charge in [-0.3, -0.25) is 11.3 Å². The number of hydrogen-bond donors (Lipinski definition) is 2. The van der Waals surface area contributed by atoms with Crippen LogP contribution in [0.25, 0.3) is 0 Å². The first-order chi connectivity index (χ1) is 9.22. The van der Waals surface area contributed by atoms with Crippen LogP contribution in [-0.4, -0.2) is 7.11 Å². The molecule has 0 saturated carbocycles. The van der Waals surface area contributed by atoms with Gasteiger partial charge in [-0.25, -0.2) is 0 Å². The maximum absolute atomic E-state index is 5.66. The van der Waals surface area contributed by atoms with E-state index in [0.29, 0.717) is 0 Å². The van der Waals surface area contributed by atoms with Crippen molar-refractivity contribution in [3.8, 4) is 5.75 Å². The summed E-state index contributed by atoms with van der Waals surface area (Å²) < 4.78 is 6.45. The van der Waals surface area contributed by atoms with E-state index in [2.05, 4.69) is 51.6 Å². The zero-order valence-corrected chi connectivity index (χ0v) is 13.7. The van der Waals surface area contributed by atoms with Gasteiger partial charge in [0.1, 0.15) is 5.75 Å². The molecule has 0 aliphatic carbocycles. The number of ether oxygens (including phenoxy) is 1. The number of benzene rings is 1. The number of hydrogen-bond acceptors (Lipinski definition) is 4. The van der Waals surface area contributed by atoms with Crippen molar-refractivity contribution >= 4 is 33.9 Å². The van der Waals surface area contributed by atoms with Crippen molar-refractivity contribution in [3.05, 3.63) is 49.7 Å². The molecule has 0 bridgehead atoms. The molecule has 1 heterocycles. The fourth-order valence-corrected chi connectivity index (χ4v) is 3.38. The van der Waals surface area contributed by atoms with Gasteiger partial charge >= 0.3 is 0 Å². The van der Waals surface area contributed by atoms with Gasteiger partial charge in [0.2, 0.25) is 0 Å². The molecule has 19 heavy (non-hydrogen) atoms. The van der Waals surface area contributed by atoms with Crippen LogP contribution in [0, 0.1) is 2.88 Å². The Kier molecular flexibility index (Phi) is 5.62. The Labute approximate surface area is 131 Å². The lowest BCUT2D eigenvalue weighted by molar-refractivity contribution is 0.414. The van der Waals surface area contributed by atoms with Crippen molar-refractivity contribution in [2.75, 3.05) is 7.11 Å². The summed E-state index contributed by atoms with van der Waals surface area (Å²) in [7, 11) is 1.68. The number of halogens is 1. The monoisotopic (exact) mass is 388 g/mol. The van der Waals surface area contributed by atoms with E-state index in [0.717, 1.165) is 18.6 Å². The summed E-state index contributed by atoms with van der Waals surface area (Å²) in [5.74, 6) is 6.55. The van der Waals surface area contributed by atoms with E-state index in [1.165, 1.54) is 14.0 Å². The Balaban J connectivity index is 1.95. The van der Waals surface area contributed by atoms with Crippen LogP contribution in [0.2, 0.25) is 0 Å². The molecule has 0 radical (unpaired) electrons. The second-order valence-electron chi connectivity index (χ2n) is 4.29. The first-order valence-electron chi connectivity index (χ1n) is 6.06. The first kappa shape index (κ1) is 14.8. The molecule has 2 aromatic rings. The lowest BCUT2D eigenvalue weighted by atomic mass is 10.0. The summed E-state index contributed by atoms with van der Waals surface area (Å²) in [4.78, 5) is 0. The third-order valence-corrected chi connectivity index (χ3v) is 4.88. The fourth-order valence-electron chi connectivity index (χ4n) is 1.96. The molecule has 102 valence electrons. The molecule has 1 unspecified atom stereocenters. The molecule has 0 aliphatic heterocycles. The van der Waals surface area contributed by atoms with Crippen LogP contribution in [0.5, 0.6) is 5.75 Å². The van der Waals surface area contributed by atoms with Crippen LogP contribution in [0.3, 0.4) is 0 Å². The van der Waals surface area contributed by atoms with Crippen LogP contribution >= 0.6 is 33.9 Å². The van der Waals surface area contributed by atoms with E-state index in [4.69, 9.17) is 10.6 Å². The minimum atomic E-state index is 0.210. The smallest absolute Gasteiger partial charge is 0.118 e. The van der Waals surface area contributed by atoms with Crippen molar-refractivity contribution < 1.29 is 4.74 Å². The number of rotatable bonds is 6. The van der Waals surface area contributed by atoms with Crippen molar-refractivity contribution in [1.29, 1.82) is 0 Å². The van der Waals surface area contributed by atoms with E-state index >= 15 is 0 Å². The van der Waals surface area contributed by atoms with Gasteiger partial charge in [-0.1, -0.05) is 12.1 Å². The molecule has 1 atom stereocenters. The van der Waals surface area contributed by atoms with Crippen molar-refractivity contribution in [2.45, 2.75) is 18.9 Å². The Bertz CT molecular complexity index is 512. The molecule has 1 aromatic heterocycles. The van der Waals surface area contributed by atoms with Gasteiger partial charge in [0.25, 0.3) is 0 Å². The predicted molar refractivity (Wildman–Crippen MR) is 88.4 cm³/mol. The second kappa shape index (κ2) is 7.23. The molecule has 0 fully saturated rings. The maximum atomic E-state index is 5.66. The van der Waals surface area contributed by atoms with Crippen molar-refractivity contribution in [1.82, 2.24) is 5.43 Å². The molecule has 3 N–H and O–H groups in total. The molecule has 1 aromatic carbocycles. The van der Waals surface area contributed by atoms with Gasteiger partial charge in [0.15, 0.2) is 0 Å². The van der Waals surface area contributed by atoms with Gasteiger partial charge in [0, 0.05) is 6.04 Å². The zero-order valence-electron chi connectivity index (χ0n) is 10.7. The van der Waals surface area contributed by atoms with Crippen LogP contribution in [0.1, 0.15) is 23.6 Å². The summed E-state index contributed by atoms with van der Waals surface area (Å²) >= 11 is 4.08. The Morgan fingerprint density at radius 3 is 2.63 bits per heavy atom. The van der Waals surface area contributed by atoms with E-state index in [1.54, 1.807) is 18.4 Å². The third-order valence-electron chi connectivity index (χ3n) is 3.07. The second-order valence-corrected chi connectivity index (χ2v) is 7.10. The van der Waals surface area contributed by atoms with E-state index in [1.807, 2.05) is 12.1 Å². The standard InChI is InChI=1S/C14H17IN2OS/c1-18-12-5-2-10(3-6-12)4-7-13(17-16)11-8-14(15)19-9-11/h2-3,5-6,8-9,13,17H,4,7,16H2,1H3. The first-order valence-corrected chi connectivity index (χ1v) is 8.01. The molecule has 0 spiro atoms. The van der Waals surface area contributed by atoms with Crippen molar-refractivity contribution in [3.63, 3.8) is 0 Å². The fraction of sp³-hybridized carbons (Fsp3) is 0.286. The summed E-state index contributed by atoms with van der Waals surface area (Å²) in [6.07, 6.45) is 1.97. The van der Waals surface area contributed by atoms with Crippen LogP contribution < -0.4 is 16.0 Å². The molecule has 3 nitrogen and oxygen atoms in total. The average molecular weight is 388 g/mol. The Morgan fingerprint density at radius 1 is 1.37 bits per heavy atom. The van der Waals surface area contributed by atoms with Crippen LogP contribution in [0.4, 0.5) is 0 Å². The van der Waals surface area contributed by atoms with Gasteiger partial charge in [-0.05, 0) is 70.1 Å². The number of nitrogens with one attached hydrogen (secondary N) is 1. The number of hydrazine groups is 1. The normalized spacial score (nSPS) is 12.4. The van der Waals surface area contributed by atoms with Gasteiger partial charge in [-0.15, -0.1) is 11.3 Å². The molecule has 0 aliphatic rings. The summed E-state index contributed by atoms with van der Waals surface area (Å²) in [5.41, 5.74) is 5.47. The highest BCUT2D eigenvalue weighted by atomic mass is 127. The largest absolute Gasteiger partial charge is 0.497 e. The average Bonchev–Trinajstić information content (AvgIpc) is 2.87.